The first kappa shape index (κ1) is 16.5. The number of benzene rings is 2. The molecule has 3 rings (SSSR count). The Morgan fingerprint density at radius 2 is 2.00 bits per heavy atom. The van der Waals surface area contributed by atoms with Gasteiger partial charge in [0, 0.05) is 28.4 Å². The van der Waals surface area contributed by atoms with E-state index in [0.29, 0.717) is 30.2 Å². The lowest BCUT2D eigenvalue weighted by atomic mass is 10.1. The van der Waals surface area contributed by atoms with Crippen LogP contribution in [-0.2, 0) is 16.6 Å². The van der Waals surface area contributed by atoms with Gasteiger partial charge in [-0.15, -0.1) is 0 Å². The second kappa shape index (κ2) is 7.49. The van der Waals surface area contributed by atoms with Gasteiger partial charge in [0.05, 0.1) is 6.54 Å². The highest BCUT2D eigenvalue weighted by molar-refractivity contribution is 7.83. The number of amides is 1. The zero-order valence-corrected chi connectivity index (χ0v) is 14.2. The third kappa shape index (κ3) is 4.14. The van der Waals surface area contributed by atoms with E-state index in [1.165, 1.54) is 0 Å². The fourth-order valence-corrected chi connectivity index (χ4v) is 3.16. The van der Waals surface area contributed by atoms with Crippen molar-refractivity contribution in [2.24, 2.45) is 0 Å². The Labute approximate surface area is 143 Å². The summed E-state index contributed by atoms with van der Waals surface area (Å²) in [6.07, 6.45) is 1.42. The summed E-state index contributed by atoms with van der Waals surface area (Å²) in [5, 5.41) is 2.86. The van der Waals surface area contributed by atoms with Crippen molar-refractivity contribution < 1.29 is 18.5 Å². The molecule has 126 valence electrons. The first-order chi connectivity index (χ1) is 11.6. The molecule has 2 unspecified atom stereocenters. The van der Waals surface area contributed by atoms with Crippen LogP contribution in [0.2, 0.25) is 0 Å². The van der Waals surface area contributed by atoms with Gasteiger partial charge in [0.15, 0.2) is 11.5 Å². The van der Waals surface area contributed by atoms with E-state index in [0.717, 1.165) is 11.3 Å². The van der Waals surface area contributed by atoms with E-state index < -0.39 is 10.8 Å². The van der Waals surface area contributed by atoms with Gasteiger partial charge in [0.2, 0.25) is 0 Å². The Morgan fingerprint density at radius 3 is 2.79 bits per heavy atom. The van der Waals surface area contributed by atoms with Crippen LogP contribution in [-0.4, -0.2) is 35.6 Å². The summed E-state index contributed by atoms with van der Waals surface area (Å²) in [4.78, 5) is 12.3. The van der Waals surface area contributed by atoms with Crippen LogP contribution < -0.4 is 14.8 Å². The number of ether oxygens (including phenoxy) is 2. The summed E-state index contributed by atoms with van der Waals surface area (Å²) < 4.78 is 22.7. The maximum atomic E-state index is 12.3. The average molecular weight is 345 g/mol. The Balaban J connectivity index is 1.57. The van der Waals surface area contributed by atoms with Crippen LogP contribution in [0.25, 0.3) is 0 Å². The van der Waals surface area contributed by atoms with Gasteiger partial charge < -0.3 is 14.8 Å². The zero-order valence-electron chi connectivity index (χ0n) is 13.4. The molecule has 2 aromatic carbocycles. The SMILES string of the molecule is CS(=O)Cc1cccc(C(=O)NCC2COc3ccccc3O2)c1. The lowest BCUT2D eigenvalue weighted by molar-refractivity contribution is 0.0789. The third-order valence-electron chi connectivity index (χ3n) is 3.62. The number of nitrogens with one attached hydrogen (secondary N) is 1. The normalized spacial score (nSPS) is 17.1. The topological polar surface area (TPSA) is 64.6 Å². The number of hydrogen-bond donors (Lipinski definition) is 1. The molecule has 24 heavy (non-hydrogen) atoms. The molecular formula is C18H19NO4S. The van der Waals surface area contributed by atoms with Crippen molar-refractivity contribution in [2.45, 2.75) is 11.9 Å². The minimum absolute atomic E-state index is 0.179. The monoisotopic (exact) mass is 345 g/mol. The van der Waals surface area contributed by atoms with E-state index in [4.69, 9.17) is 9.47 Å². The number of rotatable bonds is 5. The second-order valence-electron chi connectivity index (χ2n) is 5.63. The minimum Gasteiger partial charge on any atom is -0.486 e. The molecule has 2 aromatic rings. The Morgan fingerprint density at radius 1 is 1.21 bits per heavy atom. The first-order valence-corrected chi connectivity index (χ1v) is 9.40. The van der Waals surface area contributed by atoms with Crippen molar-refractivity contribution in [2.75, 3.05) is 19.4 Å². The maximum Gasteiger partial charge on any atom is 0.251 e. The summed E-state index contributed by atoms with van der Waals surface area (Å²) in [7, 11) is -0.935. The second-order valence-corrected chi connectivity index (χ2v) is 7.06. The molecule has 1 aliphatic rings. The summed E-state index contributed by atoms with van der Waals surface area (Å²) in [5.41, 5.74) is 1.43. The number of hydrogen-bond acceptors (Lipinski definition) is 4. The summed E-state index contributed by atoms with van der Waals surface area (Å²) >= 11 is 0. The van der Waals surface area contributed by atoms with Crippen LogP contribution in [0, 0.1) is 0 Å². The van der Waals surface area contributed by atoms with Gasteiger partial charge >= 0.3 is 0 Å². The molecule has 0 aliphatic carbocycles. The molecule has 0 saturated heterocycles. The van der Waals surface area contributed by atoms with Gasteiger partial charge in [-0.1, -0.05) is 24.3 Å². The smallest absolute Gasteiger partial charge is 0.251 e. The van der Waals surface area contributed by atoms with E-state index in [-0.39, 0.29) is 12.0 Å². The predicted molar refractivity (Wildman–Crippen MR) is 92.9 cm³/mol. The Bertz CT molecular complexity index is 762. The van der Waals surface area contributed by atoms with Crippen LogP contribution in [0.1, 0.15) is 15.9 Å². The quantitative estimate of drug-likeness (QED) is 0.902. The molecule has 0 aromatic heterocycles. The van der Waals surface area contributed by atoms with Gasteiger partial charge in [-0.3, -0.25) is 9.00 Å². The molecule has 2 atom stereocenters. The third-order valence-corrected chi connectivity index (χ3v) is 4.36. The molecular weight excluding hydrogens is 326 g/mol. The lowest BCUT2D eigenvalue weighted by Gasteiger charge is -2.26. The molecule has 0 fully saturated rings. The Kier molecular flexibility index (Phi) is 5.15. The number of carbonyl (C=O) groups excluding carboxylic acids is 1. The number of carbonyl (C=O) groups is 1. The molecule has 0 bridgehead atoms. The van der Waals surface area contributed by atoms with Gasteiger partial charge in [-0.25, -0.2) is 0 Å². The van der Waals surface area contributed by atoms with Crippen molar-refractivity contribution >= 4 is 16.7 Å². The molecule has 1 amide bonds. The molecule has 1 N–H and O–H groups in total. The van der Waals surface area contributed by atoms with E-state index >= 15 is 0 Å². The fraction of sp³-hybridized carbons (Fsp3) is 0.278. The molecule has 1 aliphatic heterocycles. The van der Waals surface area contributed by atoms with E-state index in [1.807, 2.05) is 30.3 Å². The minimum atomic E-state index is -0.935. The summed E-state index contributed by atoms with van der Waals surface area (Å²) in [5.74, 6) is 1.68. The van der Waals surface area contributed by atoms with Crippen LogP contribution in [0.5, 0.6) is 11.5 Å². The van der Waals surface area contributed by atoms with Crippen molar-refractivity contribution in [1.29, 1.82) is 0 Å². The van der Waals surface area contributed by atoms with Gasteiger partial charge in [0.25, 0.3) is 5.91 Å². The molecule has 0 radical (unpaired) electrons. The van der Waals surface area contributed by atoms with Gasteiger partial charge in [-0.05, 0) is 29.8 Å². The van der Waals surface area contributed by atoms with Crippen molar-refractivity contribution in [1.82, 2.24) is 5.32 Å². The number of fused-ring (bicyclic) bond motifs is 1. The zero-order chi connectivity index (χ0) is 16.9. The van der Waals surface area contributed by atoms with Crippen LogP contribution in [0.3, 0.4) is 0 Å². The summed E-state index contributed by atoms with van der Waals surface area (Å²) in [6.45, 7) is 0.753. The molecule has 5 nitrogen and oxygen atoms in total. The van der Waals surface area contributed by atoms with Gasteiger partial charge in [0.1, 0.15) is 12.7 Å². The molecule has 6 heteroatoms. The van der Waals surface area contributed by atoms with Crippen molar-refractivity contribution in [3.05, 3.63) is 59.7 Å². The standard InChI is InChI=1S/C18H19NO4S/c1-24(21)12-13-5-4-6-14(9-13)18(20)19-10-15-11-22-16-7-2-3-8-17(16)23-15/h2-9,15H,10-12H2,1H3,(H,19,20). The van der Waals surface area contributed by atoms with Crippen LogP contribution in [0.15, 0.2) is 48.5 Å². The fourth-order valence-electron chi connectivity index (χ4n) is 2.51. The molecule has 0 spiro atoms. The maximum absolute atomic E-state index is 12.3. The highest BCUT2D eigenvalue weighted by Gasteiger charge is 2.21. The van der Waals surface area contributed by atoms with E-state index in [2.05, 4.69) is 5.32 Å². The first-order valence-electron chi connectivity index (χ1n) is 7.67. The highest BCUT2D eigenvalue weighted by Crippen LogP contribution is 2.30. The largest absolute Gasteiger partial charge is 0.486 e. The Hall–Kier alpha value is -2.34. The van der Waals surface area contributed by atoms with Gasteiger partial charge in [-0.2, -0.15) is 0 Å². The summed E-state index contributed by atoms with van der Waals surface area (Å²) in [6, 6.07) is 14.6. The van der Waals surface area contributed by atoms with E-state index in [9.17, 15) is 9.00 Å². The van der Waals surface area contributed by atoms with Crippen LogP contribution in [0.4, 0.5) is 0 Å². The number of para-hydroxylation sites is 2. The average Bonchev–Trinajstić information content (AvgIpc) is 2.59. The lowest BCUT2D eigenvalue weighted by Crippen LogP contribution is -2.40. The van der Waals surface area contributed by atoms with Crippen molar-refractivity contribution in [3.8, 4) is 11.5 Å². The molecule has 0 saturated carbocycles. The highest BCUT2D eigenvalue weighted by atomic mass is 32.2. The van der Waals surface area contributed by atoms with Crippen LogP contribution >= 0.6 is 0 Å². The molecule has 1 heterocycles. The van der Waals surface area contributed by atoms with Crippen molar-refractivity contribution in [3.63, 3.8) is 0 Å². The van der Waals surface area contributed by atoms with E-state index in [1.54, 1.807) is 24.5 Å². The predicted octanol–water partition coefficient (Wildman–Crippen LogP) is 2.13.